The number of aliphatic hydroxyl groups is 2. The van der Waals surface area contributed by atoms with Crippen LogP contribution in [0.5, 0.6) is 5.88 Å². The summed E-state index contributed by atoms with van der Waals surface area (Å²) in [6.07, 6.45) is 0.269. The van der Waals surface area contributed by atoms with Gasteiger partial charge in [-0.15, -0.1) is 0 Å². The fourth-order valence-corrected chi connectivity index (χ4v) is 0.901. The highest BCUT2D eigenvalue weighted by atomic mass is 16.5. The molecule has 0 aliphatic rings. The van der Waals surface area contributed by atoms with Crippen molar-refractivity contribution in [2.24, 2.45) is 0 Å². The average Bonchev–Trinajstić information content (AvgIpc) is 2.25. The molecule has 0 aliphatic carbocycles. The molecule has 3 N–H and O–H groups in total. The summed E-state index contributed by atoms with van der Waals surface area (Å²) in [7, 11) is 0. The summed E-state index contributed by atoms with van der Waals surface area (Å²) in [5, 5.41) is 20.1. The van der Waals surface area contributed by atoms with Crippen LogP contribution < -0.4 is 10.1 Å². The van der Waals surface area contributed by atoms with E-state index < -0.39 is 6.10 Å². The van der Waals surface area contributed by atoms with E-state index in [0.29, 0.717) is 5.82 Å². The number of carbonyl (C=O) groups excluding carboxylic acids is 1. The minimum atomic E-state index is -0.959. The van der Waals surface area contributed by atoms with Gasteiger partial charge in [-0.05, 0) is 0 Å². The first-order chi connectivity index (χ1) is 7.61. The van der Waals surface area contributed by atoms with Gasteiger partial charge in [-0.1, -0.05) is 0 Å². The van der Waals surface area contributed by atoms with Crippen LogP contribution in [0.25, 0.3) is 0 Å². The lowest BCUT2D eigenvalue weighted by atomic mass is 10.4. The van der Waals surface area contributed by atoms with Gasteiger partial charge < -0.3 is 20.3 Å². The normalized spacial score (nSPS) is 11.9. The first-order valence-corrected chi connectivity index (χ1v) is 4.63. The fourth-order valence-electron chi connectivity index (χ4n) is 0.901. The van der Waals surface area contributed by atoms with Gasteiger partial charge in [0.1, 0.15) is 24.9 Å². The number of carbonyl (C=O) groups is 1. The van der Waals surface area contributed by atoms with E-state index in [4.69, 9.17) is 14.9 Å². The zero-order chi connectivity index (χ0) is 12.0. The average molecular weight is 227 g/mol. The van der Waals surface area contributed by atoms with E-state index in [0.717, 1.165) is 0 Å². The Labute approximate surface area is 92.1 Å². The van der Waals surface area contributed by atoms with Crippen LogP contribution in [0.1, 0.15) is 6.92 Å². The summed E-state index contributed by atoms with van der Waals surface area (Å²) in [6.45, 7) is 0.898. The van der Waals surface area contributed by atoms with Crippen LogP contribution >= 0.6 is 0 Å². The van der Waals surface area contributed by atoms with Crippen LogP contribution in [0.4, 0.5) is 5.82 Å². The maximum Gasteiger partial charge on any atom is 0.222 e. The molecule has 7 nitrogen and oxygen atoms in total. The molecular weight excluding hydrogens is 214 g/mol. The minimum Gasteiger partial charge on any atom is -0.475 e. The molecule has 1 heterocycles. The lowest BCUT2D eigenvalue weighted by Gasteiger charge is -2.09. The topological polar surface area (TPSA) is 105 Å². The number of hydrogen-bond acceptors (Lipinski definition) is 6. The summed E-state index contributed by atoms with van der Waals surface area (Å²) in [6, 6.07) is 1.42. The Kier molecular flexibility index (Phi) is 4.62. The molecule has 7 heteroatoms. The summed E-state index contributed by atoms with van der Waals surface area (Å²) >= 11 is 0. The van der Waals surface area contributed by atoms with Gasteiger partial charge in [-0.25, -0.2) is 9.97 Å². The van der Waals surface area contributed by atoms with E-state index in [9.17, 15) is 4.79 Å². The number of aromatic nitrogens is 2. The van der Waals surface area contributed by atoms with Crippen LogP contribution in [0.3, 0.4) is 0 Å². The van der Waals surface area contributed by atoms with E-state index in [-0.39, 0.29) is 25.0 Å². The SMILES string of the molecule is CC(=O)Nc1cc(OC[C@@H](O)CO)ncn1. The predicted molar refractivity (Wildman–Crippen MR) is 54.9 cm³/mol. The highest BCUT2D eigenvalue weighted by molar-refractivity contribution is 5.87. The number of aliphatic hydroxyl groups excluding tert-OH is 2. The monoisotopic (exact) mass is 227 g/mol. The Morgan fingerprint density at radius 2 is 2.38 bits per heavy atom. The molecule has 0 saturated carbocycles. The van der Waals surface area contributed by atoms with Gasteiger partial charge in [0.25, 0.3) is 0 Å². The maximum absolute atomic E-state index is 10.8. The lowest BCUT2D eigenvalue weighted by molar-refractivity contribution is -0.114. The van der Waals surface area contributed by atoms with Gasteiger partial charge in [0, 0.05) is 13.0 Å². The minimum absolute atomic E-state index is 0.0764. The van der Waals surface area contributed by atoms with Gasteiger partial charge in [0.2, 0.25) is 11.8 Å². The molecular formula is C9H13N3O4. The summed E-state index contributed by atoms with van der Waals surface area (Å²) < 4.78 is 5.07. The highest BCUT2D eigenvalue weighted by Crippen LogP contribution is 2.10. The quantitative estimate of drug-likeness (QED) is 0.606. The molecule has 0 unspecified atom stereocenters. The molecule has 1 aromatic heterocycles. The zero-order valence-corrected chi connectivity index (χ0v) is 8.75. The smallest absolute Gasteiger partial charge is 0.222 e. The van der Waals surface area contributed by atoms with E-state index in [2.05, 4.69) is 15.3 Å². The van der Waals surface area contributed by atoms with Gasteiger partial charge in [0.05, 0.1) is 6.61 Å². The second-order valence-corrected chi connectivity index (χ2v) is 3.07. The third kappa shape index (κ3) is 4.20. The molecule has 0 bridgehead atoms. The van der Waals surface area contributed by atoms with Crippen molar-refractivity contribution >= 4 is 11.7 Å². The van der Waals surface area contributed by atoms with Crippen molar-refractivity contribution in [1.29, 1.82) is 0 Å². The number of nitrogens with one attached hydrogen (secondary N) is 1. The van der Waals surface area contributed by atoms with Gasteiger partial charge in [-0.2, -0.15) is 0 Å². The van der Waals surface area contributed by atoms with Gasteiger partial charge >= 0.3 is 0 Å². The predicted octanol–water partition coefficient (Wildman–Crippen LogP) is -0.833. The third-order valence-corrected chi connectivity index (χ3v) is 1.58. The molecule has 1 rings (SSSR count). The second-order valence-electron chi connectivity index (χ2n) is 3.07. The highest BCUT2D eigenvalue weighted by Gasteiger charge is 2.05. The van der Waals surface area contributed by atoms with Crippen LogP contribution in [0.15, 0.2) is 12.4 Å². The van der Waals surface area contributed by atoms with E-state index in [1.807, 2.05) is 0 Å². The molecule has 0 aliphatic heterocycles. The largest absolute Gasteiger partial charge is 0.475 e. The molecule has 1 atom stereocenters. The fraction of sp³-hybridized carbons (Fsp3) is 0.444. The third-order valence-electron chi connectivity index (χ3n) is 1.58. The molecule has 0 saturated heterocycles. The first kappa shape index (κ1) is 12.3. The van der Waals surface area contributed by atoms with Crippen LogP contribution in [0.2, 0.25) is 0 Å². The molecule has 1 amide bonds. The number of hydrogen-bond donors (Lipinski definition) is 3. The number of anilines is 1. The van der Waals surface area contributed by atoms with Crippen molar-refractivity contribution in [3.05, 3.63) is 12.4 Å². The Balaban J connectivity index is 2.56. The second kappa shape index (κ2) is 5.99. The zero-order valence-electron chi connectivity index (χ0n) is 8.75. The Bertz CT molecular complexity index is 358. The molecule has 0 aromatic carbocycles. The summed E-state index contributed by atoms with van der Waals surface area (Å²) in [5.41, 5.74) is 0. The standard InChI is InChI=1S/C9H13N3O4/c1-6(14)12-8-2-9(11-5-10-8)16-4-7(15)3-13/h2,5,7,13,15H,3-4H2,1H3,(H,10,11,12,14)/t7-/m0/s1. The molecule has 1 aromatic rings. The number of nitrogens with zero attached hydrogens (tertiary/aromatic N) is 2. The Morgan fingerprint density at radius 3 is 3.00 bits per heavy atom. The Hall–Kier alpha value is -1.73. The van der Waals surface area contributed by atoms with Crippen molar-refractivity contribution in [1.82, 2.24) is 9.97 Å². The molecule has 0 spiro atoms. The molecule has 16 heavy (non-hydrogen) atoms. The van der Waals surface area contributed by atoms with Crippen molar-refractivity contribution in [3.63, 3.8) is 0 Å². The van der Waals surface area contributed by atoms with E-state index in [1.54, 1.807) is 0 Å². The van der Waals surface area contributed by atoms with E-state index in [1.165, 1.54) is 19.3 Å². The summed E-state index contributed by atoms with van der Waals surface area (Å²) in [5.74, 6) is 0.280. The number of ether oxygens (including phenoxy) is 1. The van der Waals surface area contributed by atoms with Gasteiger partial charge in [-0.3, -0.25) is 4.79 Å². The maximum atomic E-state index is 10.8. The van der Waals surface area contributed by atoms with Crippen molar-refractivity contribution < 1.29 is 19.7 Å². The van der Waals surface area contributed by atoms with E-state index >= 15 is 0 Å². The van der Waals surface area contributed by atoms with Crippen molar-refractivity contribution in [2.45, 2.75) is 13.0 Å². The summed E-state index contributed by atoms with van der Waals surface area (Å²) in [4.78, 5) is 18.3. The number of rotatable bonds is 5. The van der Waals surface area contributed by atoms with Crippen LogP contribution in [0, 0.1) is 0 Å². The first-order valence-electron chi connectivity index (χ1n) is 4.63. The molecule has 88 valence electrons. The molecule has 0 fully saturated rings. The van der Waals surface area contributed by atoms with Crippen LogP contribution in [-0.2, 0) is 4.79 Å². The van der Waals surface area contributed by atoms with Gasteiger partial charge in [0.15, 0.2) is 0 Å². The lowest BCUT2D eigenvalue weighted by Crippen LogP contribution is -2.21. The number of amides is 1. The Morgan fingerprint density at radius 1 is 1.62 bits per heavy atom. The van der Waals surface area contributed by atoms with Crippen molar-refractivity contribution in [3.8, 4) is 5.88 Å². The van der Waals surface area contributed by atoms with Crippen LogP contribution in [-0.4, -0.2) is 45.4 Å². The molecule has 0 radical (unpaired) electrons. The van der Waals surface area contributed by atoms with Crippen molar-refractivity contribution in [2.75, 3.05) is 18.5 Å².